The maximum Gasteiger partial charge on any atom is 0.202 e. The van der Waals surface area contributed by atoms with Gasteiger partial charge >= 0.3 is 0 Å². The molecule has 0 fully saturated rings. The molecule has 5 aromatic rings. The van der Waals surface area contributed by atoms with Crippen LogP contribution in [-0.4, -0.2) is 29.4 Å². The fraction of sp³-hybridized carbons (Fsp3) is 0.0526. The van der Waals surface area contributed by atoms with Crippen molar-refractivity contribution in [3.63, 3.8) is 0 Å². The van der Waals surface area contributed by atoms with E-state index in [1.165, 1.54) is 0 Å². The van der Waals surface area contributed by atoms with Crippen LogP contribution in [0.2, 0.25) is 0 Å². The van der Waals surface area contributed by atoms with Crippen LogP contribution in [0.25, 0.3) is 28.1 Å². The smallest absolute Gasteiger partial charge is 0.202 e. The number of ether oxygens (including phenoxy) is 1. The molecule has 5 rings (SSSR count). The summed E-state index contributed by atoms with van der Waals surface area (Å²) < 4.78 is 9.09. The van der Waals surface area contributed by atoms with E-state index in [0.29, 0.717) is 18.2 Å². The third-order valence-corrected chi connectivity index (χ3v) is 4.06. The fourth-order valence-corrected chi connectivity index (χ4v) is 2.80. The Hall–Kier alpha value is -3.74. The van der Waals surface area contributed by atoms with Crippen molar-refractivity contribution in [3.8, 4) is 17.3 Å². The Balaban J connectivity index is 1.45. The molecule has 3 aromatic heterocycles. The Morgan fingerprint density at radius 3 is 2.65 bits per heavy atom. The zero-order valence-corrected chi connectivity index (χ0v) is 13.7. The lowest BCUT2D eigenvalue weighted by Crippen LogP contribution is -2.05. The Morgan fingerprint density at radius 2 is 1.73 bits per heavy atom. The summed E-state index contributed by atoms with van der Waals surface area (Å²) in [5, 5.41) is 9.95. The van der Waals surface area contributed by atoms with Crippen molar-refractivity contribution < 1.29 is 4.74 Å². The van der Waals surface area contributed by atoms with Crippen LogP contribution in [0.3, 0.4) is 0 Å². The molecule has 7 heteroatoms. The van der Waals surface area contributed by atoms with Gasteiger partial charge in [-0.2, -0.15) is 5.10 Å². The number of nitrogens with zero attached hydrogens (tertiary/aromatic N) is 6. The van der Waals surface area contributed by atoms with Crippen LogP contribution in [-0.2, 0) is 6.73 Å². The van der Waals surface area contributed by atoms with E-state index in [9.17, 15) is 0 Å². The zero-order valence-electron chi connectivity index (χ0n) is 13.7. The second-order valence-electron chi connectivity index (χ2n) is 5.79. The van der Waals surface area contributed by atoms with Crippen molar-refractivity contribution in [1.29, 1.82) is 0 Å². The van der Waals surface area contributed by atoms with Crippen molar-refractivity contribution in [1.82, 2.24) is 29.4 Å². The van der Waals surface area contributed by atoms with Crippen LogP contribution in [0, 0.1) is 0 Å². The zero-order chi connectivity index (χ0) is 17.3. The SMILES string of the molecule is c1ccc(OCn2ccc(-c3nc4c5ccccc5ncn4n3)n2)cc1. The van der Waals surface area contributed by atoms with Gasteiger partial charge in [-0.1, -0.05) is 30.3 Å². The highest BCUT2D eigenvalue weighted by Gasteiger charge is 2.12. The molecular weight excluding hydrogens is 328 g/mol. The molecule has 0 saturated carbocycles. The number of hydrogen-bond acceptors (Lipinski definition) is 5. The van der Waals surface area contributed by atoms with Crippen molar-refractivity contribution >= 4 is 16.6 Å². The molecule has 0 unspecified atom stereocenters. The van der Waals surface area contributed by atoms with Gasteiger partial charge in [-0.3, -0.25) is 0 Å². The third kappa shape index (κ3) is 2.55. The standard InChI is InChI=1S/C19H14N6O/c1-2-6-14(7-3-1)26-13-24-11-10-17(22-24)18-21-19-15-8-4-5-9-16(15)20-12-25(19)23-18/h1-12H,13H2. The second-order valence-corrected chi connectivity index (χ2v) is 5.79. The molecule has 0 N–H and O–H groups in total. The summed E-state index contributed by atoms with van der Waals surface area (Å²) in [6.45, 7) is 0.321. The average Bonchev–Trinajstić information content (AvgIpc) is 3.34. The molecule has 3 heterocycles. The molecule has 7 nitrogen and oxygen atoms in total. The monoisotopic (exact) mass is 342 g/mol. The molecule has 0 aliphatic carbocycles. The molecular formula is C19H14N6O. The molecule has 0 saturated heterocycles. The van der Waals surface area contributed by atoms with E-state index in [-0.39, 0.29) is 0 Å². The summed E-state index contributed by atoms with van der Waals surface area (Å²) in [4.78, 5) is 9.04. The van der Waals surface area contributed by atoms with E-state index >= 15 is 0 Å². The van der Waals surface area contributed by atoms with Gasteiger partial charge in [0.15, 0.2) is 12.4 Å². The van der Waals surface area contributed by atoms with Crippen LogP contribution < -0.4 is 4.74 Å². The Labute approximate surface area is 148 Å². The predicted molar refractivity (Wildman–Crippen MR) is 96.6 cm³/mol. The number of fused-ring (bicyclic) bond motifs is 3. The number of rotatable bonds is 4. The Morgan fingerprint density at radius 1 is 0.885 bits per heavy atom. The lowest BCUT2D eigenvalue weighted by Gasteiger charge is -2.05. The topological polar surface area (TPSA) is 70.1 Å². The molecule has 0 aliphatic heterocycles. The summed E-state index contributed by atoms with van der Waals surface area (Å²) in [5.74, 6) is 1.36. The summed E-state index contributed by atoms with van der Waals surface area (Å²) >= 11 is 0. The molecule has 0 bridgehead atoms. The first-order valence-corrected chi connectivity index (χ1v) is 8.19. The second kappa shape index (κ2) is 5.96. The largest absolute Gasteiger partial charge is 0.471 e. The number of aromatic nitrogens is 6. The van der Waals surface area contributed by atoms with Gasteiger partial charge in [0.25, 0.3) is 0 Å². The highest BCUT2D eigenvalue weighted by Crippen LogP contribution is 2.19. The van der Waals surface area contributed by atoms with Gasteiger partial charge in [-0.25, -0.2) is 19.2 Å². The third-order valence-electron chi connectivity index (χ3n) is 4.06. The molecule has 126 valence electrons. The maximum atomic E-state index is 5.70. The van der Waals surface area contributed by atoms with Gasteiger partial charge in [-0.15, -0.1) is 5.10 Å². The molecule has 0 spiro atoms. The van der Waals surface area contributed by atoms with Gasteiger partial charge in [0.1, 0.15) is 17.8 Å². The Kier molecular flexibility index (Phi) is 3.35. The fourth-order valence-electron chi connectivity index (χ4n) is 2.80. The molecule has 0 radical (unpaired) electrons. The first kappa shape index (κ1) is 14.6. The van der Waals surface area contributed by atoms with E-state index in [0.717, 1.165) is 22.3 Å². The summed E-state index contributed by atoms with van der Waals surface area (Å²) in [6.07, 6.45) is 3.52. The lowest BCUT2D eigenvalue weighted by atomic mass is 10.2. The lowest BCUT2D eigenvalue weighted by molar-refractivity contribution is 0.221. The number of benzene rings is 2. The van der Waals surface area contributed by atoms with Crippen LogP contribution >= 0.6 is 0 Å². The van der Waals surface area contributed by atoms with Crippen LogP contribution in [0.1, 0.15) is 0 Å². The molecule has 26 heavy (non-hydrogen) atoms. The average molecular weight is 342 g/mol. The number of hydrogen-bond donors (Lipinski definition) is 0. The van der Waals surface area contributed by atoms with Crippen LogP contribution in [0.15, 0.2) is 73.2 Å². The van der Waals surface area contributed by atoms with Gasteiger partial charge in [-0.05, 0) is 30.3 Å². The predicted octanol–water partition coefficient (Wildman–Crippen LogP) is 3.18. The molecule has 2 aromatic carbocycles. The number of para-hydroxylation sites is 2. The van der Waals surface area contributed by atoms with E-state index in [1.807, 2.05) is 66.9 Å². The molecule has 0 amide bonds. The molecule has 0 aliphatic rings. The summed E-state index contributed by atoms with van der Waals surface area (Å²) in [7, 11) is 0. The quantitative estimate of drug-likeness (QED) is 0.502. The van der Waals surface area contributed by atoms with E-state index in [4.69, 9.17) is 4.74 Å². The van der Waals surface area contributed by atoms with Crippen molar-refractivity contribution in [2.24, 2.45) is 0 Å². The van der Waals surface area contributed by atoms with Crippen molar-refractivity contribution in [2.45, 2.75) is 6.73 Å². The van der Waals surface area contributed by atoms with Crippen molar-refractivity contribution in [2.75, 3.05) is 0 Å². The first-order valence-electron chi connectivity index (χ1n) is 8.19. The van der Waals surface area contributed by atoms with Crippen molar-refractivity contribution in [3.05, 3.63) is 73.2 Å². The van der Waals surface area contributed by atoms with E-state index < -0.39 is 0 Å². The van der Waals surface area contributed by atoms with E-state index in [2.05, 4.69) is 20.2 Å². The normalized spacial score (nSPS) is 11.2. The highest BCUT2D eigenvalue weighted by molar-refractivity contribution is 5.91. The van der Waals surface area contributed by atoms with Gasteiger partial charge in [0.2, 0.25) is 5.82 Å². The van der Waals surface area contributed by atoms with Gasteiger partial charge < -0.3 is 4.74 Å². The van der Waals surface area contributed by atoms with Crippen LogP contribution in [0.5, 0.6) is 5.75 Å². The minimum absolute atomic E-state index is 0.321. The van der Waals surface area contributed by atoms with Crippen LogP contribution in [0.4, 0.5) is 0 Å². The minimum Gasteiger partial charge on any atom is -0.471 e. The summed E-state index contributed by atoms with van der Waals surface area (Å²) in [6, 6.07) is 19.4. The summed E-state index contributed by atoms with van der Waals surface area (Å²) in [5.41, 5.74) is 2.34. The van der Waals surface area contributed by atoms with E-state index in [1.54, 1.807) is 15.5 Å². The molecule has 0 atom stereocenters. The first-order chi connectivity index (χ1) is 12.9. The maximum absolute atomic E-state index is 5.70. The van der Waals surface area contributed by atoms with Gasteiger partial charge in [0, 0.05) is 11.6 Å². The minimum atomic E-state index is 0.321. The Bertz CT molecular complexity index is 1190. The highest BCUT2D eigenvalue weighted by atomic mass is 16.5. The van der Waals surface area contributed by atoms with Gasteiger partial charge in [0.05, 0.1) is 5.52 Å².